The van der Waals surface area contributed by atoms with Crippen LogP contribution in [0, 0.1) is 0 Å². The summed E-state index contributed by atoms with van der Waals surface area (Å²) in [6, 6.07) is 13.4. The second kappa shape index (κ2) is 15.0. The van der Waals surface area contributed by atoms with Crippen LogP contribution in [0.4, 0.5) is 10.5 Å². The van der Waals surface area contributed by atoms with E-state index in [4.69, 9.17) is 0 Å². The third-order valence-corrected chi connectivity index (χ3v) is 9.66. The molecule has 2 aromatic rings. The third kappa shape index (κ3) is 8.12. The van der Waals surface area contributed by atoms with Gasteiger partial charge in [0.1, 0.15) is 11.6 Å². The number of unbranched alkanes of at least 4 members (excludes halogenated alkanes) is 1. The standard InChI is InChI=1S/C30H38Br3N5O3/c1-2-15-38-27(39)25(10-6-7-14-34-29(41)36-26-23(32)19-22(31)20-24(26)33)35-28(40)30(38)12-17-37(18-13-30)16-11-21-8-4-3-5-9-21/h3-5,8-9,19-20,25H,2,6-7,10-18H2,1H3,(H,35,40)(H2,34,36,41)/t25-/m0/s1. The van der Waals surface area contributed by atoms with Gasteiger partial charge in [-0.2, -0.15) is 0 Å². The van der Waals surface area contributed by atoms with Gasteiger partial charge in [0.25, 0.3) is 0 Å². The molecule has 0 bridgehead atoms. The zero-order valence-corrected chi connectivity index (χ0v) is 28.1. The second-order valence-electron chi connectivity index (χ2n) is 10.7. The van der Waals surface area contributed by atoms with Crippen molar-refractivity contribution < 1.29 is 14.4 Å². The van der Waals surface area contributed by atoms with E-state index in [0.29, 0.717) is 50.9 Å². The Morgan fingerprint density at radius 3 is 2.37 bits per heavy atom. The third-order valence-electron chi connectivity index (χ3n) is 7.95. The molecule has 0 aliphatic carbocycles. The van der Waals surface area contributed by atoms with Crippen molar-refractivity contribution in [1.29, 1.82) is 0 Å². The van der Waals surface area contributed by atoms with E-state index in [1.807, 2.05) is 23.1 Å². The molecule has 2 saturated heterocycles. The quantitative estimate of drug-likeness (QED) is 0.243. The highest BCUT2D eigenvalue weighted by Crippen LogP contribution is 2.35. The Hall–Kier alpha value is -1.95. The highest BCUT2D eigenvalue weighted by atomic mass is 79.9. The van der Waals surface area contributed by atoms with Crippen molar-refractivity contribution in [1.82, 2.24) is 20.4 Å². The fraction of sp³-hybridized carbons (Fsp3) is 0.500. The molecular formula is C30H38Br3N5O3. The SMILES string of the molecule is CCCN1C(=O)[C@H](CCCCNC(=O)Nc2c(Br)cc(Br)cc2Br)NC(=O)C12CCN(CCc1ccccc1)CC2. The van der Waals surface area contributed by atoms with E-state index in [0.717, 1.165) is 45.9 Å². The molecular weight excluding hydrogens is 718 g/mol. The lowest BCUT2D eigenvalue weighted by Crippen LogP contribution is -2.72. The van der Waals surface area contributed by atoms with Crippen LogP contribution in [-0.4, -0.2) is 71.9 Å². The number of anilines is 1. The Balaban J connectivity index is 1.23. The van der Waals surface area contributed by atoms with E-state index in [1.165, 1.54) is 5.56 Å². The molecule has 2 aliphatic rings. The summed E-state index contributed by atoms with van der Waals surface area (Å²) in [5.41, 5.74) is 1.21. The lowest BCUT2D eigenvalue weighted by atomic mass is 9.81. The lowest BCUT2D eigenvalue weighted by Gasteiger charge is -2.51. The molecule has 1 atom stereocenters. The number of benzene rings is 2. The van der Waals surface area contributed by atoms with Gasteiger partial charge in [0.2, 0.25) is 11.8 Å². The van der Waals surface area contributed by atoms with Crippen LogP contribution < -0.4 is 16.0 Å². The maximum absolute atomic E-state index is 13.6. The normalized spacial score (nSPS) is 18.8. The Bertz CT molecular complexity index is 1200. The van der Waals surface area contributed by atoms with Crippen LogP contribution in [0.3, 0.4) is 0 Å². The van der Waals surface area contributed by atoms with Crippen molar-refractivity contribution in [3.05, 3.63) is 61.4 Å². The first kappa shape index (κ1) is 32.0. The summed E-state index contributed by atoms with van der Waals surface area (Å²) < 4.78 is 2.40. The van der Waals surface area contributed by atoms with Crippen LogP contribution in [0.25, 0.3) is 0 Å². The molecule has 2 aliphatic heterocycles. The number of hydrogen-bond donors (Lipinski definition) is 3. The fourth-order valence-electron chi connectivity index (χ4n) is 5.69. The zero-order chi connectivity index (χ0) is 29.4. The summed E-state index contributed by atoms with van der Waals surface area (Å²) in [6.07, 6.45) is 5.08. The summed E-state index contributed by atoms with van der Waals surface area (Å²) in [5.74, 6) is 0.0150. The molecule has 0 aromatic heterocycles. The summed E-state index contributed by atoms with van der Waals surface area (Å²) in [6.45, 7) is 5.68. The minimum absolute atomic E-state index is 0.0126. The Kier molecular flexibility index (Phi) is 11.7. The van der Waals surface area contributed by atoms with Gasteiger partial charge in [0, 0.05) is 46.1 Å². The number of piperidine rings is 1. The highest BCUT2D eigenvalue weighted by Gasteiger charge is 2.52. The van der Waals surface area contributed by atoms with E-state index < -0.39 is 11.6 Å². The number of nitrogens with one attached hydrogen (secondary N) is 3. The molecule has 2 aromatic carbocycles. The Morgan fingerprint density at radius 2 is 1.71 bits per heavy atom. The van der Waals surface area contributed by atoms with Crippen LogP contribution in [0.2, 0.25) is 0 Å². The number of hydrogen-bond acceptors (Lipinski definition) is 4. The fourth-order valence-corrected chi connectivity index (χ4v) is 8.15. The molecule has 11 heteroatoms. The van der Waals surface area contributed by atoms with Gasteiger partial charge in [0.05, 0.1) is 5.69 Å². The number of rotatable bonds is 11. The van der Waals surface area contributed by atoms with Crippen molar-refractivity contribution >= 4 is 71.3 Å². The molecule has 2 heterocycles. The number of nitrogens with zero attached hydrogens (tertiary/aromatic N) is 2. The number of likely N-dealkylation sites (tertiary alicyclic amines) is 1. The first-order valence-electron chi connectivity index (χ1n) is 14.3. The monoisotopic (exact) mass is 753 g/mol. The molecule has 41 heavy (non-hydrogen) atoms. The number of amides is 4. The summed E-state index contributed by atoms with van der Waals surface area (Å²) >= 11 is 10.3. The van der Waals surface area contributed by atoms with Crippen LogP contribution in [0.1, 0.15) is 51.0 Å². The van der Waals surface area contributed by atoms with Crippen molar-refractivity contribution in [2.45, 2.75) is 63.5 Å². The number of halogens is 3. The van der Waals surface area contributed by atoms with Crippen molar-refractivity contribution in [3.63, 3.8) is 0 Å². The van der Waals surface area contributed by atoms with Gasteiger partial charge in [-0.05, 0) is 94.5 Å². The molecule has 0 unspecified atom stereocenters. The number of urea groups is 1. The molecule has 0 saturated carbocycles. The zero-order valence-electron chi connectivity index (χ0n) is 23.4. The van der Waals surface area contributed by atoms with Crippen LogP contribution >= 0.6 is 47.8 Å². The average Bonchev–Trinajstić information content (AvgIpc) is 2.95. The van der Waals surface area contributed by atoms with Crippen LogP contribution in [0.5, 0.6) is 0 Å². The minimum atomic E-state index is -0.748. The van der Waals surface area contributed by atoms with Crippen molar-refractivity contribution in [2.75, 3.05) is 38.0 Å². The molecule has 1 spiro atoms. The topological polar surface area (TPSA) is 93.8 Å². The van der Waals surface area contributed by atoms with E-state index in [2.05, 4.69) is 99.8 Å². The van der Waals surface area contributed by atoms with Gasteiger partial charge in [-0.15, -0.1) is 0 Å². The largest absolute Gasteiger partial charge is 0.342 e. The van der Waals surface area contributed by atoms with E-state index in [9.17, 15) is 14.4 Å². The van der Waals surface area contributed by atoms with Gasteiger partial charge in [0.15, 0.2) is 0 Å². The van der Waals surface area contributed by atoms with Crippen LogP contribution in [0.15, 0.2) is 55.9 Å². The molecule has 3 N–H and O–H groups in total. The maximum Gasteiger partial charge on any atom is 0.319 e. The average molecular weight is 756 g/mol. The molecule has 222 valence electrons. The van der Waals surface area contributed by atoms with Gasteiger partial charge in [-0.25, -0.2) is 4.79 Å². The number of carbonyl (C=O) groups excluding carboxylic acids is 3. The second-order valence-corrected chi connectivity index (χ2v) is 13.4. The first-order chi connectivity index (χ1) is 19.7. The maximum atomic E-state index is 13.6. The van der Waals surface area contributed by atoms with Crippen molar-refractivity contribution in [2.24, 2.45) is 0 Å². The Labute approximate surface area is 267 Å². The minimum Gasteiger partial charge on any atom is -0.342 e. The molecule has 4 rings (SSSR count). The molecule has 0 radical (unpaired) electrons. The van der Waals surface area contributed by atoms with Gasteiger partial charge in [-0.1, -0.05) is 53.2 Å². The van der Waals surface area contributed by atoms with Gasteiger partial charge < -0.3 is 25.8 Å². The van der Waals surface area contributed by atoms with Crippen LogP contribution in [-0.2, 0) is 16.0 Å². The predicted octanol–water partition coefficient (Wildman–Crippen LogP) is 6.08. The van der Waals surface area contributed by atoms with Gasteiger partial charge >= 0.3 is 6.03 Å². The van der Waals surface area contributed by atoms with Gasteiger partial charge in [-0.3, -0.25) is 9.59 Å². The first-order valence-corrected chi connectivity index (χ1v) is 16.7. The van der Waals surface area contributed by atoms with E-state index in [-0.39, 0.29) is 17.8 Å². The Morgan fingerprint density at radius 1 is 1.02 bits per heavy atom. The van der Waals surface area contributed by atoms with Crippen molar-refractivity contribution in [3.8, 4) is 0 Å². The van der Waals surface area contributed by atoms with E-state index in [1.54, 1.807) is 0 Å². The summed E-state index contributed by atoms with van der Waals surface area (Å²) in [4.78, 5) is 43.8. The molecule has 2 fully saturated rings. The summed E-state index contributed by atoms with van der Waals surface area (Å²) in [5, 5.41) is 8.79. The number of carbonyl (C=O) groups is 3. The molecule has 8 nitrogen and oxygen atoms in total. The predicted molar refractivity (Wildman–Crippen MR) is 173 cm³/mol. The van der Waals surface area contributed by atoms with E-state index >= 15 is 0 Å². The lowest BCUT2D eigenvalue weighted by molar-refractivity contribution is -0.161. The molecule has 4 amide bonds. The highest BCUT2D eigenvalue weighted by molar-refractivity contribution is 9.11. The smallest absolute Gasteiger partial charge is 0.319 e. The summed E-state index contributed by atoms with van der Waals surface area (Å²) in [7, 11) is 0. The number of piperazine rings is 1.